The van der Waals surface area contributed by atoms with Crippen molar-refractivity contribution in [1.29, 1.82) is 0 Å². The van der Waals surface area contributed by atoms with Crippen LogP contribution in [0.1, 0.15) is 39.0 Å². The maximum atomic E-state index is 13.7. The van der Waals surface area contributed by atoms with Gasteiger partial charge < -0.3 is 10.1 Å². The minimum atomic E-state index is -2.65. The number of methoxy groups -OCH3 is 1. The van der Waals surface area contributed by atoms with Crippen molar-refractivity contribution < 1.29 is 18.3 Å². The second-order valence-corrected chi connectivity index (χ2v) is 5.42. The number of carbonyl (C=O) groups is 1. The number of ether oxygens (including phenoxy) is 1. The molecule has 0 aromatic carbocycles. The lowest BCUT2D eigenvalue weighted by Gasteiger charge is -2.34. The average molecular weight is 292 g/mol. The lowest BCUT2D eigenvalue weighted by atomic mass is 10.0. The monoisotopic (exact) mass is 292 g/mol. The van der Waals surface area contributed by atoms with E-state index < -0.39 is 5.92 Å². The molecule has 1 aliphatic heterocycles. The van der Waals surface area contributed by atoms with Gasteiger partial charge in [0.05, 0.1) is 6.54 Å². The molecule has 0 saturated carbocycles. The van der Waals surface area contributed by atoms with E-state index in [1.807, 2.05) is 6.92 Å². The van der Waals surface area contributed by atoms with Gasteiger partial charge in [-0.25, -0.2) is 8.78 Å². The first-order valence-electron chi connectivity index (χ1n) is 7.35. The van der Waals surface area contributed by atoms with Crippen LogP contribution in [0, 0.1) is 0 Å². The third-order valence-electron chi connectivity index (χ3n) is 3.62. The van der Waals surface area contributed by atoms with Crippen molar-refractivity contribution in [3.05, 3.63) is 0 Å². The summed E-state index contributed by atoms with van der Waals surface area (Å²) in [5.41, 5.74) is 0. The predicted molar refractivity (Wildman–Crippen MR) is 74.0 cm³/mol. The molecule has 6 heteroatoms. The Labute approximate surface area is 119 Å². The first-order valence-corrected chi connectivity index (χ1v) is 7.35. The van der Waals surface area contributed by atoms with Gasteiger partial charge >= 0.3 is 0 Å². The molecule has 0 spiro atoms. The molecule has 0 aromatic rings. The van der Waals surface area contributed by atoms with Crippen LogP contribution in [0.2, 0.25) is 0 Å². The molecular formula is C14H26F2N2O2. The van der Waals surface area contributed by atoms with E-state index in [4.69, 9.17) is 4.74 Å². The van der Waals surface area contributed by atoms with E-state index >= 15 is 0 Å². The van der Waals surface area contributed by atoms with Crippen LogP contribution in [-0.2, 0) is 9.53 Å². The third kappa shape index (κ3) is 6.61. The fraction of sp³-hybridized carbons (Fsp3) is 0.929. The summed E-state index contributed by atoms with van der Waals surface area (Å²) in [6.07, 6.45) is 2.22. The minimum Gasteiger partial charge on any atom is -0.385 e. The summed E-state index contributed by atoms with van der Waals surface area (Å²) in [5, 5.41) is 2.92. The molecule has 1 saturated heterocycles. The summed E-state index contributed by atoms with van der Waals surface area (Å²) in [4.78, 5) is 13.1. The van der Waals surface area contributed by atoms with E-state index in [1.54, 1.807) is 4.90 Å². The second-order valence-electron chi connectivity index (χ2n) is 5.42. The number of hydrogen-bond donors (Lipinski definition) is 1. The van der Waals surface area contributed by atoms with Crippen LogP contribution in [0.4, 0.5) is 8.78 Å². The Hall–Kier alpha value is -0.750. The van der Waals surface area contributed by atoms with E-state index in [2.05, 4.69) is 5.32 Å². The standard InChI is InChI=1S/C14H26F2N2O2/c1-3-13(19)17-12-5-8-18(9-6-12)11-14(15,16)7-4-10-20-2/h12H,3-11H2,1-2H3,(H,17,19). The van der Waals surface area contributed by atoms with Crippen molar-refractivity contribution in [2.75, 3.05) is 33.4 Å². The van der Waals surface area contributed by atoms with E-state index in [0.29, 0.717) is 32.5 Å². The molecule has 1 rings (SSSR count). The van der Waals surface area contributed by atoms with E-state index in [-0.39, 0.29) is 24.9 Å². The Balaban J connectivity index is 2.25. The van der Waals surface area contributed by atoms with Gasteiger partial charge in [-0.3, -0.25) is 9.69 Å². The van der Waals surface area contributed by atoms with Crippen molar-refractivity contribution in [1.82, 2.24) is 10.2 Å². The molecule has 1 heterocycles. The fourth-order valence-corrected chi connectivity index (χ4v) is 2.45. The Morgan fingerprint density at radius 2 is 2.05 bits per heavy atom. The molecule has 0 aliphatic carbocycles. The molecule has 0 radical (unpaired) electrons. The average Bonchev–Trinajstić information content (AvgIpc) is 2.40. The number of halogens is 2. The smallest absolute Gasteiger partial charge is 0.260 e. The maximum absolute atomic E-state index is 13.7. The van der Waals surface area contributed by atoms with Gasteiger partial charge in [-0.2, -0.15) is 0 Å². The summed E-state index contributed by atoms with van der Waals surface area (Å²) in [6.45, 7) is 3.24. The predicted octanol–water partition coefficient (Wildman–Crippen LogP) is 2.04. The van der Waals surface area contributed by atoms with Gasteiger partial charge in [0, 0.05) is 45.7 Å². The fourth-order valence-electron chi connectivity index (χ4n) is 2.45. The number of nitrogens with one attached hydrogen (secondary N) is 1. The summed E-state index contributed by atoms with van der Waals surface area (Å²) < 4.78 is 32.3. The molecule has 20 heavy (non-hydrogen) atoms. The molecule has 1 N–H and O–H groups in total. The quantitative estimate of drug-likeness (QED) is 0.696. The highest BCUT2D eigenvalue weighted by Gasteiger charge is 2.32. The zero-order valence-electron chi connectivity index (χ0n) is 12.5. The van der Waals surface area contributed by atoms with Gasteiger partial charge in [-0.15, -0.1) is 0 Å². The van der Waals surface area contributed by atoms with Crippen molar-refractivity contribution in [2.45, 2.75) is 51.0 Å². The molecule has 0 aromatic heterocycles. The van der Waals surface area contributed by atoms with Gasteiger partial charge in [0.15, 0.2) is 0 Å². The van der Waals surface area contributed by atoms with Crippen LogP contribution in [-0.4, -0.2) is 56.1 Å². The third-order valence-corrected chi connectivity index (χ3v) is 3.62. The van der Waals surface area contributed by atoms with Gasteiger partial charge in [0.25, 0.3) is 5.92 Å². The summed E-state index contributed by atoms with van der Waals surface area (Å²) in [7, 11) is 1.52. The van der Waals surface area contributed by atoms with Gasteiger partial charge in [0.2, 0.25) is 5.91 Å². The van der Waals surface area contributed by atoms with E-state index in [1.165, 1.54) is 7.11 Å². The number of nitrogens with zero attached hydrogens (tertiary/aromatic N) is 1. The summed E-state index contributed by atoms with van der Waals surface area (Å²) >= 11 is 0. The lowest BCUT2D eigenvalue weighted by molar-refractivity contribution is -0.122. The van der Waals surface area contributed by atoms with Crippen molar-refractivity contribution in [3.63, 3.8) is 0 Å². The Bertz CT molecular complexity index is 293. The lowest BCUT2D eigenvalue weighted by Crippen LogP contribution is -2.47. The highest BCUT2D eigenvalue weighted by atomic mass is 19.3. The number of likely N-dealkylation sites (tertiary alicyclic amines) is 1. The molecule has 1 aliphatic rings. The normalized spacial score (nSPS) is 18.2. The summed E-state index contributed by atoms with van der Waals surface area (Å²) in [5.74, 6) is -2.62. The molecule has 0 atom stereocenters. The molecule has 4 nitrogen and oxygen atoms in total. The summed E-state index contributed by atoms with van der Waals surface area (Å²) in [6, 6.07) is 0.140. The number of alkyl halides is 2. The molecule has 118 valence electrons. The van der Waals surface area contributed by atoms with Gasteiger partial charge in [-0.05, 0) is 19.3 Å². The van der Waals surface area contributed by atoms with Crippen LogP contribution >= 0.6 is 0 Å². The highest BCUT2D eigenvalue weighted by molar-refractivity contribution is 5.75. The SMILES string of the molecule is CCC(=O)NC1CCN(CC(F)(F)CCCOC)CC1. The number of carbonyl (C=O) groups excluding carboxylic acids is 1. The minimum absolute atomic E-state index is 0.0355. The number of piperidine rings is 1. The first kappa shape index (κ1) is 17.3. The van der Waals surface area contributed by atoms with Gasteiger partial charge in [0.1, 0.15) is 0 Å². The topological polar surface area (TPSA) is 41.6 Å². The van der Waals surface area contributed by atoms with Crippen LogP contribution < -0.4 is 5.32 Å². The Morgan fingerprint density at radius 3 is 2.60 bits per heavy atom. The molecule has 0 unspecified atom stereocenters. The molecule has 1 fully saturated rings. The van der Waals surface area contributed by atoms with Crippen molar-refractivity contribution >= 4 is 5.91 Å². The number of amides is 1. The van der Waals surface area contributed by atoms with Crippen LogP contribution in [0.5, 0.6) is 0 Å². The maximum Gasteiger partial charge on any atom is 0.260 e. The van der Waals surface area contributed by atoms with Crippen LogP contribution in [0.3, 0.4) is 0 Å². The first-order chi connectivity index (χ1) is 9.46. The number of rotatable bonds is 8. The second kappa shape index (κ2) is 8.52. The van der Waals surface area contributed by atoms with Gasteiger partial charge in [-0.1, -0.05) is 6.92 Å². The highest BCUT2D eigenvalue weighted by Crippen LogP contribution is 2.23. The van der Waals surface area contributed by atoms with Crippen molar-refractivity contribution in [3.8, 4) is 0 Å². The molecule has 1 amide bonds. The Kier molecular flexibility index (Phi) is 7.37. The van der Waals surface area contributed by atoms with E-state index in [9.17, 15) is 13.6 Å². The Morgan fingerprint density at radius 1 is 1.40 bits per heavy atom. The molecular weight excluding hydrogens is 266 g/mol. The van der Waals surface area contributed by atoms with Crippen LogP contribution in [0.25, 0.3) is 0 Å². The molecule has 0 bridgehead atoms. The largest absolute Gasteiger partial charge is 0.385 e. The van der Waals surface area contributed by atoms with Crippen LogP contribution in [0.15, 0.2) is 0 Å². The van der Waals surface area contributed by atoms with E-state index in [0.717, 1.165) is 12.8 Å². The number of hydrogen-bond acceptors (Lipinski definition) is 3. The zero-order chi connectivity index (χ0) is 15.0. The van der Waals surface area contributed by atoms with Crippen molar-refractivity contribution in [2.24, 2.45) is 0 Å². The zero-order valence-corrected chi connectivity index (χ0v) is 12.5.